The van der Waals surface area contributed by atoms with Crippen molar-refractivity contribution in [1.82, 2.24) is 5.32 Å². The van der Waals surface area contributed by atoms with Gasteiger partial charge in [-0.2, -0.15) is 5.26 Å². The standard InChI is InChI=1S/C14H24N2O2/c1-13(2,11-15)5-8-17-12-9-14(18-10-12)3-6-16-7-4-14/h12,16H,3-10H2,1-2H3. The number of nitriles is 1. The van der Waals surface area contributed by atoms with E-state index in [1.807, 2.05) is 13.8 Å². The molecule has 0 bridgehead atoms. The first-order chi connectivity index (χ1) is 8.55. The van der Waals surface area contributed by atoms with Gasteiger partial charge < -0.3 is 14.8 Å². The van der Waals surface area contributed by atoms with Gasteiger partial charge in [-0.05, 0) is 46.2 Å². The maximum Gasteiger partial charge on any atom is 0.0836 e. The lowest BCUT2D eigenvalue weighted by atomic mass is 9.89. The van der Waals surface area contributed by atoms with Crippen LogP contribution in [-0.4, -0.2) is 38.0 Å². The zero-order valence-corrected chi connectivity index (χ0v) is 11.5. The lowest BCUT2D eigenvalue weighted by Gasteiger charge is -2.32. The summed E-state index contributed by atoms with van der Waals surface area (Å²) < 4.78 is 11.8. The first-order valence-electron chi connectivity index (χ1n) is 6.93. The molecule has 1 N–H and O–H groups in total. The number of hydrogen-bond donors (Lipinski definition) is 1. The summed E-state index contributed by atoms with van der Waals surface area (Å²) in [5.74, 6) is 0. The van der Waals surface area contributed by atoms with Crippen LogP contribution in [0.25, 0.3) is 0 Å². The van der Waals surface area contributed by atoms with Crippen LogP contribution in [0, 0.1) is 16.7 Å². The van der Waals surface area contributed by atoms with Crippen molar-refractivity contribution in [2.75, 3.05) is 26.3 Å². The van der Waals surface area contributed by atoms with E-state index in [-0.39, 0.29) is 17.1 Å². The van der Waals surface area contributed by atoms with Crippen molar-refractivity contribution in [3.8, 4) is 6.07 Å². The van der Waals surface area contributed by atoms with Crippen molar-refractivity contribution in [3.05, 3.63) is 0 Å². The minimum atomic E-state index is -0.286. The first kappa shape index (κ1) is 13.8. The van der Waals surface area contributed by atoms with E-state index in [1.54, 1.807) is 0 Å². The molecule has 0 aromatic carbocycles. The molecule has 2 fully saturated rings. The van der Waals surface area contributed by atoms with Crippen LogP contribution in [0.15, 0.2) is 0 Å². The Bertz CT molecular complexity index is 316. The molecule has 0 aromatic heterocycles. The third-order valence-electron chi connectivity index (χ3n) is 4.07. The molecule has 0 saturated carbocycles. The Kier molecular flexibility index (Phi) is 4.26. The molecule has 2 aliphatic rings. The summed E-state index contributed by atoms with van der Waals surface area (Å²) in [7, 11) is 0. The van der Waals surface area contributed by atoms with Gasteiger partial charge >= 0.3 is 0 Å². The van der Waals surface area contributed by atoms with Crippen LogP contribution >= 0.6 is 0 Å². The summed E-state index contributed by atoms with van der Waals surface area (Å²) in [6.07, 6.45) is 4.21. The van der Waals surface area contributed by atoms with E-state index in [2.05, 4.69) is 11.4 Å². The van der Waals surface area contributed by atoms with E-state index >= 15 is 0 Å². The van der Waals surface area contributed by atoms with Gasteiger partial charge in [0.1, 0.15) is 0 Å². The first-order valence-corrected chi connectivity index (χ1v) is 6.93. The maximum absolute atomic E-state index is 8.95. The van der Waals surface area contributed by atoms with Crippen molar-refractivity contribution in [2.45, 2.75) is 51.2 Å². The average Bonchev–Trinajstić information content (AvgIpc) is 2.73. The number of nitrogens with one attached hydrogen (secondary N) is 1. The molecule has 4 nitrogen and oxygen atoms in total. The SMILES string of the molecule is CC(C)(C#N)CCOC1COC2(CCNCC2)C1. The van der Waals surface area contributed by atoms with Crippen LogP contribution in [0.1, 0.15) is 39.5 Å². The molecule has 1 spiro atoms. The Morgan fingerprint density at radius 2 is 2.17 bits per heavy atom. The van der Waals surface area contributed by atoms with Gasteiger partial charge in [0.2, 0.25) is 0 Å². The largest absolute Gasteiger partial charge is 0.376 e. The fourth-order valence-electron chi connectivity index (χ4n) is 2.68. The normalized spacial score (nSPS) is 27.3. The van der Waals surface area contributed by atoms with Crippen molar-refractivity contribution in [2.24, 2.45) is 5.41 Å². The van der Waals surface area contributed by atoms with Gasteiger partial charge in [0.05, 0.1) is 29.8 Å². The van der Waals surface area contributed by atoms with E-state index in [9.17, 15) is 0 Å². The van der Waals surface area contributed by atoms with Crippen LogP contribution in [0.2, 0.25) is 0 Å². The highest BCUT2D eigenvalue weighted by Crippen LogP contribution is 2.35. The van der Waals surface area contributed by atoms with Gasteiger partial charge in [0.25, 0.3) is 0 Å². The number of rotatable bonds is 4. The molecule has 18 heavy (non-hydrogen) atoms. The molecule has 0 amide bonds. The number of hydrogen-bond acceptors (Lipinski definition) is 4. The molecular formula is C14H24N2O2. The molecule has 2 rings (SSSR count). The molecule has 1 unspecified atom stereocenters. The molecule has 1 atom stereocenters. The third-order valence-corrected chi connectivity index (χ3v) is 4.07. The Labute approximate surface area is 110 Å². The van der Waals surface area contributed by atoms with Crippen molar-refractivity contribution < 1.29 is 9.47 Å². The second kappa shape index (κ2) is 5.56. The Morgan fingerprint density at radius 3 is 2.83 bits per heavy atom. The van der Waals surface area contributed by atoms with Crippen molar-refractivity contribution in [1.29, 1.82) is 5.26 Å². The van der Waals surface area contributed by atoms with Gasteiger partial charge in [-0.15, -0.1) is 0 Å². The monoisotopic (exact) mass is 252 g/mol. The van der Waals surface area contributed by atoms with Crippen molar-refractivity contribution >= 4 is 0 Å². The average molecular weight is 252 g/mol. The minimum Gasteiger partial charge on any atom is -0.376 e. The van der Waals surface area contributed by atoms with Gasteiger partial charge in [-0.1, -0.05) is 0 Å². The summed E-state index contributed by atoms with van der Waals surface area (Å²) in [6.45, 7) is 7.38. The lowest BCUT2D eigenvalue weighted by Crippen LogP contribution is -2.41. The summed E-state index contributed by atoms with van der Waals surface area (Å²) in [4.78, 5) is 0. The Hall–Kier alpha value is -0.630. The van der Waals surface area contributed by atoms with E-state index in [1.165, 1.54) is 0 Å². The second-order valence-electron chi connectivity index (χ2n) is 6.19. The summed E-state index contributed by atoms with van der Waals surface area (Å²) in [5.41, 5.74) is -0.216. The minimum absolute atomic E-state index is 0.0701. The van der Waals surface area contributed by atoms with E-state index < -0.39 is 0 Å². The van der Waals surface area contributed by atoms with E-state index in [4.69, 9.17) is 14.7 Å². The zero-order chi connectivity index (χ0) is 13.1. The highest BCUT2D eigenvalue weighted by Gasteiger charge is 2.41. The van der Waals surface area contributed by atoms with Gasteiger partial charge in [-0.3, -0.25) is 0 Å². The quantitative estimate of drug-likeness (QED) is 0.829. The summed E-state index contributed by atoms with van der Waals surface area (Å²) >= 11 is 0. The summed E-state index contributed by atoms with van der Waals surface area (Å²) in [6, 6.07) is 2.30. The van der Waals surface area contributed by atoms with Crippen LogP contribution in [0.3, 0.4) is 0 Å². The smallest absolute Gasteiger partial charge is 0.0836 e. The number of ether oxygens (including phenoxy) is 2. The van der Waals surface area contributed by atoms with Crippen molar-refractivity contribution in [3.63, 3.8) is 0 Å². The Balaban J connectivity index is 1.71. The highest BCUT2D eigenvalue weighted by atomic mass is 16.6. The number of nitrogens with zero attached hydrogens (tertiary/aromatic N) is 1. The fourth-order valence-corrected chi connectivity index (χ4v) is 2.68. The molecular weight excluding hydrogens is 228 g/mol. The molecule has 0 radical (unpaired) electrons. The second-order valence-corrected chi connectivity index (χ2v) is 6.19. The Morgan fingerprint density at radius 1 is 1.44 bits per heavy atom. The fraction of sp³-hybridized carbons (Fsp3) is 0.929. The maximum atomic E-state index is 8.95. The summed E-state index contributed by atoms with van der Waals surface area (Å²) in [5, 5.41) is 12.3. The van der Waals surface area contributed by atoms with Gasteiger partial charge in [-0.25, -0.2) is 0 Å². The van der Waals surface area contributed by atoms with E-state index in [0.29, 0.717) is 13.2 Å². The number of piperidine rings is 1. The van der Waals surface area contributed by atoms with Gasteiger partial charge in [0, 0.05) is 13.0 Å². The van der Waals surface area contributed by atoms with Crippen LogP contribution < -0.4 is 5.32 Å². The molecule has 0 aromatic rings. The van der Waals surface area contributed by atoms with Crippen LogP contribution in [0.4, 0.5) is 0 Å². The molecule has 102 valence electrons. The van der Waals surface area contributed by atoms with Crippen LogP contribution in [0.5, 0.6) is 0 Å². The van der Waals surface area contributed by atoms with Crippen LogP contribution in [-0.2, 0) is 9.47 Å². The third kappa shape index (κ3) is 3.44. The molecule has 0 aliphatic carbocycles. The molecule has 4 heteroatoms. The lowest BCUT2D eigenvalue weighted by molar-refractivity contribution is -0.0238. The predicted octanol–water partition coefficient (Wildman–Crippen LogP) is 1.85. The zero-order valence-electron chi connectivity index (χ0n) is 11.5. The van der Waals surface area contributed by atoms with Gasteiger partial charge in [0.15, 0.2) is 0 Å². The molecule has 2 saturated heterocycles. The topological polar surface area (TPSA) is 54.3 Å². The molecule has 2 heterocycles. The predicted molar refractivity (Wildman–Crippen MR) is 69.2 cm³/mol. The van der Waals surface area contributed by atoms with E-state index in [0.717, 1.165) is 38.8 Å². The highest BCUT2D eigenvalue weighted by molar-refractivity contribution is 4.94. The molecule has 2 aliphatic heterocycles.